The van der Waals surface area contributed by atoms with Gasteiger partial charge in [0.25, 0.3) is 0 Å². The van der Waals surface area contributed by atoms with Crippen LogP contribution >= 0.6 is 15.9 Å². The molecule has 0 amide bonds. The van der Waals surface area contributed by atoms with Crippen molar-refractivity contribution in [1.82, 2.24) is 5.32 Å². The Bertz CT molecular complexity index is 310. The largest absolute Gasteiger partial charge is 0.329 e. The van der Waals surface area contributed by atoms with Gasteiger partial charge in [0.05, 0.1) is 0 Å². The van der Waals surface area contributed by atoms with Crippen LogP contribution in [-0.2, 0) is 0 Å². The van der Waals surface area contributed by atoms with Crippen LogP contribution in [0.15, 0.2) is 28.7 Å². The van der Waals surface area contributed by atoms with Crippen molar-refractivity contribution in [3.63, 3.8) is 0 Å². The minimum absolute atomic E-state index is 0.306. The van der Waals surface area contributed by atoms with Gasteiger partial charge in [0.15, 0.2) is 0 Å². The SMILES string of the molecule is NCC(NC1CC1)c1cccc(Br)c1. The predicted molar refractivity (Wildman–Crippen MR) is 62.1 cm³/mol. The molecule has 0 spiro atoms. The van der Waals surface area contributed by atoms with E-state index in [-0.39, 0.29) is 0 Å². The highest BCUT2D eigenvalue weighted by Gasteiger charge is 2.24. The molecule has 0 heterocycles. The van der Waals surface area contributed by atoms with Gasteiger partial charge in [-0.1, -0.05) is 28.1 Å². The Morgan fingerprint density at radius 1 is 1.50 bits per heavy atom. The molecule has 1 fully saturated rings. The molecule has 1 aliphatic carbocycles. The van der Waals surface area contributed by atoms with E-state index in [1.165, 1.54) is 18.4 Å². The lowest BCUT2D eigenvalue weighted by molar-refractivity contribution is 0.539. The minimum atomic E-state index is 0.306. The molecule has 1 unspecified atom stereocenters. The second-order valence-electron chi connectivity index (χ2n) is 3.78. The van der Waals surface area contributed by atoms with Crippen LogP contribution in [0.5, 0.6) is 0 Å². The zero-order valence-electron chi connectivity index (χ0n) is 8.04. The Morgan fingerprint density at radius 2 is 2.29 bits per heavy atom. The van der Waals surface area contributed by atoms with E-state index in [4.69, 9.17) is 5.73 Å². The summed E-state index contributed by atoms with van der Waals surface area (Å²) in [4.78, 5) is 0. The van der Waals surface area contributed by atoms with Gasteiger partial charge in [-0.2, -0.15) is 0 Å². The van der Waals surface area contributed by atoms with E-state index in [9.17, 15) is 0 Å². The maximum atomic E-state index is 5.75. The highest BCUT2D eigenvalue weighted by Crippen LogP contribution is 2.24. The molecule has 2 nitrogen and oxygen atoms in total. The first kappa shape index (κ1) is 10.1. The fraction of sp³-hybridized carbons (Fsp3) is 0.455. The molecule has 3 heteroatoms. The van der Waals surface area contributed by atoms with Crippen molar-refractivity contribution in [3.05, 3.63) is 34.3 Å². The molecular weight excluding hydrogens is 240 g/mol. The highest BCUT2D eigenvalue weighted by molar-refractivity contribution is 9.10. The van der Waals surface area contributed by atoms with Gasteiger partial charge >= 0.3 is 0 Å². The number of nitrogens with one attached hydrogen (secondary N) is 1. The molecule has 0 radical (unpaired) electrons. The molecule has 0 aromatic heterocycles. The molecule has 76 valence electrons. The summed E-state index contributed by atoms with van der Waals surface area (Å²) in [6.07, 6.45) is 2.59. The van der Waals surface area contributed by atoms with Crippen molar-refractivity contribution >= 4 is 15.9 Å². The lowest BCUT2D eigenvalue weighted by Crippen LogP contribution is -2.29. The van der Waals surface area contributed by atoms with E-state index in [1.807, 2.05) is 6.07 Å². The maximum Gasteiger partial charge on any atom is 0.0447 e. The smallest absolute Gasteiger partial charge is 0.0447 e. The molecular formula is C11H15BrN2. The second-order valence-corrected chi connectivity index (χ2v) is 4.70. The molecule has 1 aromatic carbocycles. The van der Waals surface area contributed by atoms with Crippen LogP contribution < -0.4 is 11.1 Å². The monoisotopic (exact) mass is 254 g/mol. The van der Waals surface area contributed by atoms with Crippen LogP contribution in [0.4, 0.5) is 0 Å². The summed E-state index contributed by atoms with van der Waals surface area (Å²) in [6, 6.07) is 9.35. The lowest BCUT2D eigenvalue weighted by atomic mass is 10.1. The summed E-state index contributed by atoms with van der Waals surface area (Å²) < 4.78 is 1.12. The van der Waals surface area contributed by atoms with Crippen molar-refractivity contribution in [1.29, 1.82) is 0 Å². The Labute approximate surface area is 93.0 Å². The Balaban J connectivity index is 2.08. The summed E-state index contributed by atoms with van der Waals surface area (Å²) in [5.74, 6) is 0. The summed E-state index contributed by atoms with van der Waals surface area (Å²) >= 11 is 3.47. The van der Waals surface area contributed by atoms with Gasteiger partial charge in [-0.3, -0.25) is 0 Å². The zero-order valence-corrected chi connectivity index (χ0v) is 9.63. The molecule has 0 bridgehead atoms. The summed E-state index contributed by atoms with van der Waals surface area (Å²) in [5.41, 5.74) is 7.03. The number of hydrogen-bond acceptors (Lipinski definition) is 2. The quantitative estimate of drug-likeness (QED) is 0.865. The molecule has 1 aromatic rings. The normalized spacial score (nSPS) is 18.1. The topological polar surface area (TPSA) is 38.0 Å². The van der Waals surface area contributed by atoms with Gasteiger partial charge in [0, 0.05) is 23.1 Å². The van der Waals surface area contributed by atoms with E-state index in [1.54, 1.807) is 0 Å². The van der Waals surface area contributed by atoms with Gasteiger partial charge in [-0.15, -0.1) is 0 Å². The fourth-order valence-electron chi connectivity index (χ4n) is 1.56. The number of halogens is 1. The summed E-state index contributed by atoms with van der Waals surface area (Å²) in [5, 5.41) is 3.54. The molecule has 0 saturated heterocycles. The average molecular weight is 255 g/mol. The van der Waals surface area contributed by atoms with Crippen molar-refractivity contribution in [2.24, 2.45) is 5.73 Å². The fourth-order valence-corrected chi connectivity index (χ4v) is 1.98. The first-order valence-electron chi connectivity index (χ1n) is 5.01. The van der Waals surface area contributed by atoms with E-state index in [0.29, 0.717) is 18.6 Å². The number of nitrogens with two attached hydrogens (primary N) is 1. The van der Waals surface area contributed by atoms with E-state index in [2.05, 4.69) is 39.4 Å². The van der Waals surface area contributed by atoms with E-state index in [0.717, 1.165) is 4.47 Å². The van der Waals surface area contributed by atoms with Crippen LogP contribution in [0.25, 0.3) is 0 Å². The number of rotatable bonds is 4. The van der Waals surface area contributed by atoms with Crippen molar-refractivity contribution in [2.75, 3.05) is 6.54 Å². The van der Waals surface area contributed by atoms with Crippen LogP contribution in [0.1, 0.15) is 24.4 Å². The van der Waals surface area contributed by atoms with Gasteiger partial charge in [0.1, 0.15) is 0 Å². The van der Waals surface area contributed by atoms with Crippen LogP contribution in [0, 0.1) is 0 Å². The van der Waals surface area contributed by atoms with E-state index >= 15 is 0 Å². The Kier molecular flexibility index (Phi) is 3.21. The van der Waals surface area contributed by atoms with Crippen molar-refractivity contribution in [3.8, 4) is 0 Å². The van der Waals surface area contributed by atoms with Crippen molar-refractivity contribution < 1.29 is 0 Å². The lowest BCUT2D eigenvalue weighted by Gasteiger charge is -2.17. The standard InChI is InChI=1S/C11H15BrN2/c12-9-3-1-2-8(6-9)11(7-13)14-10-4-5-10/h1-3,6,10-11,14H,4-5,7,13H2. The van der Waals surface area contributed by atoms with Gasteiger partial charge in [0.2, 0.25) is 0 Å². The number of benzene rings is 1. The molecule has 1 atom stereocenters. The van der Waals surface area contributed by atoms with Gasteiger partial charge < -0.3 is 11.1 Å². The third kappa shape index (κ3) is 2.56. The first-order valence-corrected chi connectivity index (χ1v) is 5.80. The maximum absolute atomic E-state index is 5.75. The molecule has 1 aliphatic rings. The van der Waals surface area contributed by atoms with Crippen molar-refractivity contribution in [2.45, 2.75) is 24.9 Å². The summed E-state index contributed by atoms with van der Waals surface area (Å²) in [6.45, 7) is 0.660. The minimum Gasteiger partial charge on any atom is -0.329 e. The van der Waals surface area contributed by atoms with Crippen LogP contribution in [0.3, 0.4) is 0 Å². The van der Waals surface area contributed by atoms with Gasteiger partial charge in [-0.05, 0) is 30.5 Å². The van der Waals surface area contributed by atoms with Crippen LogP contribution in [-0.4, -0.2) is 12.6 Å². The van der Waals surface area contributed by atoms with E-state index < -0.39 is 0 Å². The molecule has 2 rings (SSSR count). The van der Waals surface area contributed by atoms with Crippen LogP contribution in [0.2, 0.25) is 0 Å². The van der Waals surface area contributed by atoms with Gasteiger partial charge in [-0.25, -0.2) is 0 Å². The third-order valence-corrected chi connectivity index (χ3v) is 2.99. The zero-order chi connectivity index (χ0) is 9.97. The molecule has 1 saturated carbocycles. The Morgan fingerprint density at radius 3 is 2.86 bits per heavy atom. The first-order chi connectivity index (χ1) is 6.79. The molecule has 14 heavy (non-hydrogen) atoms. The molecule has 0 aliphatic heterocycles. The third-order valence-electron chi connectivity index (χ3n) is 2.50. The summed E-state index contributed by atoms with van der Waals surface area (Å²) in [7, 11) is 0. The number of hydrogen-bond donors (Lipinski definition) is 2. The molecule has 3 N–H and O–H groups in total. The Hall–Kier alpha value is -0.380. The highest BCUT2D eigenvalue weighted by atomic mass is 79.9. The predicted octanol–water partition coefficient (Wildman–Crippen LogP) is 2.20. The average Bonchev–Trinajstić information content (AvgIpc) is 2.98. The second kappa shape index (κ2) is 4.43.